The molecule has 2 rings (SSSR count). The van der Waals surface area contributed by atoms with Gasteiger partial charge in [0.2, 0.25) is 0 Å². The highest BCUT2D eigenvalue weighted by atomic mass is 32.1. The molecule has 0 aliphatic carbocycles. The summed E-state index contributed by atoms with van der Waals surface area (Å²) in [5.74, 6) is 0.640. The summed E-state index contributed by atoms with van der Waals surface area (Å²) in [4.78, 5) is 12.7. The van der Waals surface area contributed by atoms with E-state index in [0.717, 1.165) is 44.0 Å². The Bertz CT molecular complexity index is 392. The number of ether oxygens (including phenoxy) is 2. The number of thiophene rings is 1. The fourth-order valence-electron chi connectivity index (χ4n) is 2.18. The normalized spacial score (nSPS) is 15.8. The second-order valence-electron chi connectivity index (χ2n) is 5.17. The third kappa shape index (κ3) is 6.93. The Morgan fingerprint density at radius 2 is 2.24 bits per heavy atom. The number of nitrogens with one attached hydrogen (secondary N) is 2. The first-order valence-corrected chi connectivity index (χ1v) is 8.42. The van der Waals surface area contributed by atoms with Crippen LogP contribution in [0.4, 0.5) is 4.79 Å². The number of rotatable bonds is 8. The van der Waals surface area contributed by atoms with E-state index < -0.39 is 0 Å². The first-order chi connectivity index (χ1) is 10.3. The van der Waals surface area contributed by atoms with Crippen LogP contribution in [0.5, 0.6) is 0 Å². The molecule has 118 valence electrons. The van der Waals surface area contributed by atoms with Crippen LogP contribution in [-0.4, -0.2) is 39.0 Å². The van der Waals surface area contributed by atoms with Gasteiger partial charge in [0, 0.05) is 37.8 Å². The van der Waals surface area contributed by atoms with Gasteiger partial charge in [0.05, 0.1) is 6.54 Å². The average Bonchev–Trinajstić information content (AvgIpc) is 3.03. The predicted molar refractivity (Wildman–Crippen MR) is 83.5 cm³/mol. The molecular weight excluding hydrogens is 288 g/mol. The topological polar surface area (TPSA) is 59.6 Å². The molecule has 21 heavy (non-hydrogen) atoms. The number of hydrogen-bond donors (Lipinski definition) is 2. The van der Waals surface area contributed by atoms with Gasteiger partial charge in [-0.25, -0.2) is 4.79 Å². The Morgan fingerprint density at radius 3 is 3.00 bits per heavy atom. The second-order valence-corrected chi connectivity index (χ2v) is 6.21. The van der Waals surface area contributed by atoms with Gasteiger partial charge in [-0.05, 0) is 36.6 Å². The summed E-state index contributed by atoms with van der Waals surface area (Å²) in [7, 11) is 0. The van der Waals surface area contributed by atoms with Crippen molar-refractivity contribution >= 4 is 17.4 Å². The first kappa shape index (κ1) is 16.3. The number of amides is 2. The number of carbonyl (C=O) groups excluding carboxylic acids is 1. The Kier molecular flexibility index (Phi) is 7.56. The summed E-state index contributed by atoms with van der Waals surface area (Å²) < 4.78 is 11.0. The molecule has 0 unspecified atom stereocenters. The van der Waals surface area contributed by atoms with Crippen molar-refractivity contribution in [3.05, 3.63) is 22.4 Å². The standard InChI is InChI=1S/C15H24N2O3S/c18-15(17-11-14-3-1-10-21-14)16-6-2-7-20-12-13-4-8-19-9-5-13/h1,3,10,13H,2,4-9,11-12H2,(H2,16,17,18). The highest BCUT2D eigenvalue weighted by Gasteiger charge is 2.13. The molecular formula is C15H24N2O3S. The van der Waals surface area contributed by atoms with Gasteiger partial charge < -0.3 is 20.1 Å². The zero-order valence-corrected chi connectivity index (χ0v) is 13.1. The van der Waals surface area contributed by atoms with Crippen LogP contribution in [0, 0.1) is 5.92 Å². The van der Waals surface area contributed by atoms with Gasteiger partial charge in [0.1, 0.15) is 0 Å². The third-order valence-corrected chi connectivity index (χ3v) is 4.33. The molecule has 1 saturated heterocycles. The van der Waals surface area contributed by atoms with Crippen molar-refractivity contribution in [1.29, 1.82) is 0 Å². The molecule has 2 heterocycles. The fraction of sp³-hybridized carbons (Fsp3) is 0.667. The van der Waals surface area contributed by atoms with Gasteiger partial charge >= 0.3 is 6.03 Å². The molecule has 0 bridgehead atoms. The summed E-state index contributed by atoms with van der Waals surface area (Å²) in [6.45, 7) is 4.46. The predicted octanol–water partition coefficient (Wildman–Crippen LogP) is 2.38. The maximum atomic E-state index is 11.5. The Morgan fingerprint density at radius 1 is 1.38 bits per heavy atom. The van der Waals surface area contributed by atoms with Crippen LogP contribution in [0.15, 0.2) is 17.5 Å². The van der Waals surface area contributed by atoms with Crippen LogP contribution in [-0.2, 0) is 16.0 Å². The summed E-state index contributed by atoms with van der Waals surface area (Å²) in [5.41, 5.74) is 0. The smallest absolute Gasteiger partial charge is 0.315 e. The zero-order valence-electron chi connectivity index (χ0n) is 12.3. The van der Waals surface area contributed by atoms with E-state index in [9.17, 15) is 4.79 Å². The maximum absolute atomic E-state index is 11.5. The van der Waals surface area contributed by atoms with E-state index >= 15 is 0 Å². The van der Waals surface area contributed by atoms with Crippen molar-refractivity contribution in [1.82, 2.24) is 10.6 Å². The zero-order chi connectivity index (χ0) is 14.8. The van der Waals surface area contributed by atoms with Crippen molar-refractivity contribution in [3.63, 3.8) is 0 Å². The van der Waals surface area contributed by atoms with Crippen LogP contribution < -0.4 is 10.6 Å². The Balaban J connectivity index is 1.41. The molecule has 2 amide bonds. The molecule has 0 atom stereocenters. The first-order valence-electron chi connectivity index (χ1n) is 7.54. The lowest BCUT2D eigenvalue weighted by Gasteiger charge is -2.21. The highest BCUT2D eigenvalue weighted by Crippen LogP contribution is 2.14. The molecule has 1 fully saturated rings. The molecule has 6 heteroatoms. The number of urea groups is 1. The van der Waals surface area contributed by atoms with Gasteiger partial charge in [0.25, 0.3) is 0 Å². The molecule has 0 spiro atoms. The van der Waals surface area contributed by atoms with Crippen molar-refractivity contribution in [2.24, 2.45) is 5.92 Å². The molecule has 1 aromatic heterocycles. The quantitative estimate of drug-likeness (QED) is 0.725. The van der Waals surface area contributed by atoms with E-state index in [2.05, 4.69) is 10.6 Å². The summed E-state index contributed by atoms with van der Waals surface area (Å²) in [6, 6.07) is 3.87. The third-order valence-electron chi connectivity index (χ3n) is 3.45. The lowest BCUT2D eigenvalue weighted by Crippen LogP contribution is -2.35. The summed E-state index contributed by atoms with van der Waals surface area (Å²) in [5, 5.41) is 7.68. The summed E-state index contributed by atoms with van der Waals surface area (Å²) >= 11 is 1.64. The van der Waals surface area contributed by atoms with E-state index in [1.165, 1.54) is 0 Å². The number of carbonyl (C=O) groups is 1. The van der Waals surface area contributed by atoms with E-state index in [4.69, 9.17) is 9.47 Å². The van der Waals surface area contributed by atoms with Crippen LogP contribution in [0.1, 0.15) is 24.1 Å². The molecule has 5 nitrogen and oxygen atoms in total. The lowest BCUT2D eigenvalue weighted by atomic mass is 10.0. The van der Waals surface area contributed by atoms with E-state index in [0.29, 0.717) is 25.6 Å². The molecule has 0 radical (unpaired) electrons. The highest BCUT2D eigenvalue weighted by molar-refractivity contribution is 7.09. The molecule has 2 N–H and O–H groups in total. The van der Waals surface area contributed by atoms with Crippen LogP contribution in [0.2, 0.25) is 0 Å². The fourth-order valence-corrected chi connectivity index (χ4v) is 2.83. The minimum Gasteiger partial charge on any atom is -0.381 e. The van der Waals surface area contributed by atoms with Crippen molar-refractivity contribution in [2.75, 3.05) is 33.0 Å². The molecule has 0 aromatic carbocycles. The SMILES string of the molecule is O=C(NCCCOCC1CCOCC1)NCc1cccs1. The van der Waals surface area contributed by atoms with Gasteiger partial charge in [-0.1, -0.05) is 6.07 Å². The molecule has 0 saturated carbocycles. The van der Waals surface area contributed by atoms with Crippen LogP contribution in [0.3, 0.4) is 0 Å². The van der Waals surface area contributed by atoms with Gasteiger partial charge in [-0.15, -0.1) is 11.3 Å². The van der Waals surface area contributed by atoms with E-state index in [1.54, 1.807) is 11.3 Å². The van der Waals surface area contributed by atoms with Crippen molar-refractivity contribution in [3.8, 4) is 0 Å². The Hall–Kier alpha value is -1.11. The van der Waals surface area contributed by atoms with Crippen LogP contribution in [0.25, 0.3) is 0 Å². The van der Waals surface area contributed by atoms with Crippen molar-refractivity contribution in [2.45, 2.75) is 25.8 Å². The van der Waals surface area contributed by atoms with Crippen molar-refractivity contribution < 1.29 is 14.3 Å². The minimum absolute atomic E-state index is 0.118. The van der Waals surface area contributed by atoms with Gasteiger partial charge in [-0.2, -0.15) is 0 Å². The minimum atomic E-state index is -0.118. The van der Waals surface area contributed by atoms with Gasteiger partial charge in [-0.3, -0.25) is 0 Å². The largest absolute Gasteiger partial charge is 0.381 e. The monoisotopic (exact) mass is 312 g/mol. The average molecular weight is 312 g/mol. The maximum Gasteiger partial charge on any atom is 0.315 e. The second kappa shape index (κ2) is 9.76. The molecule has 1 aliphatic heterocycles. The molecule has 1 aliphatic rings. The Labute approximate surface area is 130 Å². The van der Waals surface area contributed by atoms with E-state index in [-0.39, 0.29) is 6.03 Å². The molecule has 1 aromatic rings. The van der Waals surface area contributed by atoms with E-state index in [1.807, 2.05) is 17.5 Å². The van der Waals surface area contributed by atoms with Gasteiger partial charge in [0.15, 0.2) is 0 Å². The summed E-state index contributed by atoms with van der Waals surface area (Å²) in [6.07, 6.45) is 3.04. The van der Waals surface area contributed by atoms with Crippen LogP contribution >= 0.6 is 11.3 Å². The number of hydrogen-bond acceptors (Lipinski definition) is 4. The lowest BCUT2D eigenvalue weighted by molar-refractivity contribution is 0.0203.